The number of hydrogen-bond donors (Lipinski definition) is 3. The second-order valence-corrected chi connectivity index (χ2v) is 10.1. The van der Waals surface area contributed by atoms with Crippen LogP contribution in [0.15, 0.2) is 53.1 Å². The Morgan fingerprint density at radius 3 is 2.81 bits per heavy atom. The van der Waals surface area contributed by atoms with Gasteiger partial charge in [0.1, 0.15) is 5.70 Å². The second kappa shape index (κ2) is 7.97. The zero-order chi connectivity index (χ0) is 21.7. The van der Waals surface area contributed by atoms with Crippen LogP contribution in [0.2, 0.25) is 0 Å². The smallest absolute Gasteiger partial charge is 0.353 e. The number of aliphatic hydroxyl groups is 1. The van der Waals surface area contributed by atoms with E-state index in [1.807, 2.05) is 0 Å². The van der Waals surface area contributed by atoms with E-state index in [-0.39, 0.29) is 22.9 Å². The zero-order valence-corrected chi connectivity index (χ0v) is 18.1. The third-order valence-electron chi connectivity index (χ3n) is 6.73. The van der Waals surface area contributed by atoms with Gasteiger partial charge in [0, 0.05) is 29.2 Å². The summed E-state index contributed by atoms with van der Waals surface area (Å²) in [5, 5.41) is 26.0. The van der Waals surface area contributed by atoms with E-state index in [1.54, 1.807) is 18.7 Å². The van der Waals surface area contributed by atoms with Crippen LogP contribution in [-0.2, 0) is 16.0 Å². The lowest BCUT2D eigenvalue weighted by Gasteiger charge is -2.44. The molecule has 2 fully saturated rings. The fraction of sp³-hybridized carbons (Fsp3) is 0.417. The first kappa shape index (κ1) is 20.5. The number of carboxylic acids is 1. The topological polar surface area (TPSA) is 89.9 Å². The predicted molar refractivity (Wildman–Crippen MR) is 121 cm³/mol. The molecule has 3 aliphatic heterocycles. The molecule has 3 heterocycles. The van der Waals surface area contributed by atoms with Crippen molar-refractivity contribution in [2.24, 2.45) is 5.92 Å². The molecule has 2 aromatic rings. The zero-order valence-electron chi connectivity index (χ0n) is 17.3. The van der Waals surface area contributed by atoms with E-state index in [1.165, 1.54) is 21.2 Å². The molecule has 6 nitrogen and oxygen atoms in total. The van der Waals surface area contributed by atoms with Gasteiger partial charge < -0.3 is 20.4 Å². The highest BCUT2D eigenvalue weighted by Crippen LogP contribution is 2.48. The average molecular weight is 439 g/mol. The highest BCUT2D eigenvalue weighted by Gasteiger charge is 2.57. The number of amides is 1. The molecule has 162 valence electrons. The Balaban J connectivity index is 1.28. The van der Waals surface area contributed by atoms with Crippen molar-refractivity contribution in [1.82, 2.24) is 10.2 Å². The standard InChI is InChI=1S/C24H26N2O4S/c1-13(27)21-19-11-20(22(24(29)30)26(19)23(21)28)31-17-10-16(25-12-17)9-15-7-4-6-14-5-2-3-8-18(14)15/h2-8,13,16-17,19,21,25,27H,9-12H2,1H3,(H,29,30)/t13?,16?,17-,19+,21-/m0/s1. The van der Waals surface area contributed by atoms with E-state index >= 15 is 0 Å². The van der Waals surface area contributed by atoms with Crippen molar-refractivity contribution in [3.8, 4) is 0 Å². The second-order valence-electron chi connectivity index (χ2n) is 8.75. The molecule has 2 aromatic carbocycles. The summed E-state index contributed by atoms with van der Waals surface area (Å²) in [5.74, 6) is -1.82. The maximum Gasteiger partial charge on any atom is 0.353 e. The third-order valence-corrected chi connectivity index (χ3v) is 8.06. The molecule has 0 spiro atoms. The number of aliphatic carboxylic acids is 1. The minimum absolute atomic E-state index is 0.120. The van der Waals surface area contributed by atoms with Crippen LogP contribution < -0.4 is 5.32 Å². The van der Waals surface area contributed by atoms with Crippen molar-refractivity contribution < 1.29 is 19.8 Å². The van der Waals surface area contributed by atoms with Crippen molar-refractivity contribution in [2.75, 3.05) is 6.54 Å². The molecule has 0 radical (unpaired) electrons. The average Bonchev–Trinajstić information content (AvgIpc) is 3.30. The number of nitrogens with one attached hydrogen (secondary N) is 1. The summed E-state index contributed by atoms with van der Waals surface area (Å²) < 4.78 is 0. The van der Waals surface area contributed by atoms with Gasteiger partial charge >= 0.3 is 5.97 Å². The SMILES string of the molecule is CC(O)[C@@H]1C(=O)N2C(C(=O)O)=C(S[C@@H]3CNC(Cc4cccc5ccccc45)C3)C[C@H]12. The third kappa shape index (κ3) is 3.54. The van der Waals surface area contributed by atoms with Crippen LogP contribution in [0.3, 0.4) is 0 Å². The number of thioether (sulfide) groups is 1. The maximum absolute atomic E-state index is 12.4. The van der Waals surface area contributed by atoms with Gasteiger partial charge in [0.15, 0.2) is 0 Å². The largest absolute Gasteiger partial charge is 0.477 e. The summed E-state index contributed by atoms with van der Waals surface area (Å²) in [7, 11) is 0. The van der Waals surface area contributed by atoms with Crippen molar-refractivity contribution in [3.63, 3.8) is 0 Å². The lowest BCUT2D eigenvalue weighted by molar-refractivity contribution is -0.161. The van der Waals surface area contributed by atoms with Gasteiger partial charge in [-0.3, -0.25) is 4.79 Å². The van der Waals surface area contributed by atoms with Gasteiger partial charge in [-0.1, -0.05) is 42.5 Å². The summed E-state index contributed by atoms with van der Waals surface area (Å²) in [4.78, 5) is 26.4. The maximum atomic E-state index is 12.4. The van der Waals surface area contributed by atoms with Crippen molar-refractivity contribution in [3.05, 3.63) is 58.6 Å². The number of rotatable bonds is 6. The monoisotopic (exact) mass is 438 g/mol. The number of benzene rings is 2. The number of β-lactam (4-membered cyclic amide) rings is 1. The summed E-state index contributed by atoms with van der Waals surface area (Å²) in [6.07, 6.45) is 1.65. The normalized spacial score (nSPS) is 28.7. The first-order valence-electron chi connectivity index (χ1n) is 10.8. The predicted octanol–water partition coefficient (Wildman–Crippen LogP) is 2.75. The highest BCUT2D eigenvalue weighted by molar-refractivity contribution is 8.03. The Hall–Kier alpha value is -2.35. The van der Waals surface area contributed by atoms with Gasteiger partial charge in [-0.2, -0.15) is 0 Å². The number of carbonyl (C=O) groups is 2. The molecular formula is C24H26N2O4S. The van der Waals surface area contributed by atoms with Crippen LogP contribution in [0.5, 0.6) is 0 Å². The molecule has 1 amide bonds. The van der Waals surface area contributed by atoms with Gasteiger partial charge in [0.2, 0.25) is 5.91 Å². The van der Waals surface area contributed by atoms with Crippen LogP contribution in [-0.4, -0.2) is 57.0 Å². The van der Waals surface area contributed by atoms with Crippen molar-refractivity contribution in [1.29, 1.82) is 0 Å². The summed E-state index contributed by atoms with van der Waals surface area (Å²) in [6, 6.07) is 14.9. The van der Waals surface area contributed by atoms with Crippen LogP contribution in [0.25, 0.3) is 10.8 Å². The summed E-state index contributed by atoms with van der Waals surface area (Å²) in [6.45, 7) is 2.42. The summed E-state index contributed by atoms with van der Waals surface area (Å²) >= 11 is 1.59. The minimum atomic E-state index is -1.05. The number of hydrogen-bond acceptors (Lipinski definition) is 5. The fourth-order valence-electron chi connectivity index (χ4n) is 5.30. The van der Waals surface area contributed by atoms with Crippen LogP contribution in [0, 0.1) is 5.92 Å². The molecule has 2 unspecified atom stereocenters. The Labute approximate surface area is 185 Å². The molecule has 7 heteroatoms. The van der Waals surface area contributed by atoms with Gasteiger partial charge in [0.05, 0.1) is 18.1 Å². The number of aliphatic hydroxyl groups excluding tert-OH is 1. The first-order chi connectivity index (χ1) is 14.9. The molecule has 31 heavy (non-hydrogen) atoms. The Morgan fingerprint density at radius 2 is 2.03 bits per heavy atom. The van der Waals surface area contributed by atoms with Gasteiger partial charge in [-0.05, 0) is 36.1 Å². The number of carboxylic acid groups (broad SMARTS) is 1. The van der Waals surface area contributed by atoms with Gasteiger partial charge in [-0.25, -0.2) is 4.79 Å². The molecule has 3 aliphatic rings. The number of nitrogens with zero attached hydrogens (tertiary/aromatic N) is 1. The van der Waals surface area contributed by atoms with Gasteiger partial charge in [-0.15, -0.1) is 11.8 Å². The molecule has 0 saturated carbocycles. The van der Waals surface area contributed by atoms with E-state index in [0.717, 1.165) is 24.3 Å². The van der Waals surface area contributed by atoms with E-state index < -0.39 is 18.0 Å². The highest BCUT2D eigenvalue weighted by atomic mass is 32.2. The molecule has 0 aliphatic carbocycles. The first-order valence-corrected chi connectivity index (χ1v) is 11.7. The molecule has 3 N–H and O–H groups in total. The molecular weight excluding hydrogens is 412 g/mol. The van der Waals surface area contributed by atoms with Crippen LogP contribution in [0.1, 0.15) is 25.3 Å². The van der Waals surface area contributed by atoms with Crippen molar-refractivity contribution in [2.45, 2.75) is 49.6 Å². The Bertz CT molecular complexity index is 1080. The number of fused-ring (bicyclic) bond motifs is 2. The molecule has 5 atom stereocenters. The quantitative estimate of drug-likeness (QED) is 0.601. The van der Waals surface area contributed by atoms with Crippen molar-refractivity contribution >= 4 is 34.4 Å². The molecule has 0 bridgehead atoms. The molecule has 5 rings (SSSR count). The van der Waals surface area contributed by atoms with Crippen LogP contribution in [0.4, 0.5) is 0 Å². The fourth-order valence-corrected chi connectivity index (χ4v) is 6.78. The van der Waals surface area contributed by atoms with Crippen LogP contribution >= 0.6 is 11.8 Å². The van der Waals surface area contributed by atoms with E-state index in [9.17, 15) is 19.8 Å². The van der Waals surface area contributed by atoms with E-state index in [2.05, 4.69) is 47.8 Å². The Kier molecular flexibility index (Phi) is 5.28. The lowest BCUT2D eigenvalue weighted by Crippen LogP contribution is -2.61. The minimum Gasteiger partial charge on any atom is -0.477 e. The van der Waals surface area contributed by atoms with E-state index in [0.29, 0.717) is 12.5 Å². The molecule has 0 aromatic heterocycles. The lowest BCUT2D eigenvalue weighted by atomic mass is 9.83. The number of carbonyl (C=O) groups excluding carboxylic acids is 1. The van der Waals surface area contributed by atoms with Gasteiger partial charge in [0.25, 0.3) is 0 Å². The Morgan fingerprint density at radius 1 is 1.26 bits per heavy atom. The molecule has 2 saturated heterocycles. The van der Waals surface area contributed by atoms with E-state index in [4.69, 9.17) is 0 Å². The summed E-state index contributed by atoms with van der Waals surface area (Å²) in [5.41, 5.74) is 1.44.